The Morgan fingerprint density at radius 3 is 2.58 bits per heavy atom. The van der Waals surface area contributed by atoms with Gasteiger partial charge in [-0.05, 0) is 35.8 Å². The zero-order valence-electron chi connectivity index (χ0n) is 17.1. The highest BCUT2D eigenvalue weighted by atomic mass is 19.4. The van der Waals surface area contributed by atoms with Crippen molar-refractivity contribution in [1.82, 2.24) is 15.0 Å². The van der Waals surface area contributed by atoms with Crippen molar-refractivity contribution in [2.45, 2.75) is 26.9 Å². The summed E-state index contributed by atoms with van der Waals surface area (Å²) in [6.07, 6.45) is -2.15. The van der Waals surface area contributed by atoms with E-state index in [-0.39, 0.29) is 23.5 Å². The molecule has 1 amide bonds. The Morgan fingerprint density at radius 1 is 1.16 bits per heavy atom. The predicted octanol–water partition coefficient (Wildman–Crippen LogP) is 4.35. The van der Waals surface area contributed by atoms with E-state index in [1.165, 1.54) is 12.1 Å². The van der Waals surface area contributed by atoms with Crippen molar-refractivity contribution in [3.63, 3.8) is 0 Å². The lowest BCUT2D eigenvalue weighted by atomic mass is 9.99. The monoisotopic (exact) mass is 434 g/mol. The lowest BCUT2D eigenvalue weighted by Gasteiger charge is -2.19. The van der Waals surface area contributed by atoms with Crippen LogP contribution in [0.2, 0.25) is 0 Å². The van der Waals surface area contributed by atoms with Gasteiger partial charge in [0.05, 0.1) is 23.3 Å². The number of ether oxygens (including phenoxy) is 1. The quantitative estimate of drug-likeness (QED) is 0.520. The number of hydrogen-bond acceptors (Lipinski definition) is 4. The van der Waals surface area contributed by atoms with E-state index < -0.39 is 23.5 Å². The van der Waals surface area contributed by atoms with Crippen molar-refractivity contribution in [2.24, 2.45) is 5.41 Å². The Bertz CT molecular complexity index is 1190. The Morgan fingerprint density at radius 2 is 1.90 bits per heavy atom. The molecule has 0 saturated heterocycles. The Hall–Kier alpha value is -3.56. The molecule has 0 unspecified atom stereocenters. The molecular formula is C21H21F3N4O3. The van der Waals surface area contributed by atoms with Crippen LogP contribution >= 0.6 is 0 Å². The number of fused-ring (bicyclic) bond motifs is 1. The number of H-pyrrole nitrogens is 2. The standard InChI is InChI=1S/C21H21F3N4O3/c1-20(2,3)11-31-18-12(7-9-15(27-18)21(22,23)24)8-10-16(29)25-13-5-4-6-14-17(13)28-19(30)26-14/h4-10H,11H2,1-3H3,(H,25,29)(H2,26,28,30)/b10-8+. The molecule has 0 atom stereocenters. The first-order valence-corrected chi connectivity index (χ1v) is 9.33. The summed E-state index contributed by atoms with van der Waals surface area (Å²) >= 11 is 0. The lowest BCUT2D eigenvalue weighted by Crippen LogP contribution is -2.19. The van der Waals surface area contributed by atoms with Crippen LogP contribution in [0, 0.1) is 5.41 Å². The highest BCUT2D eigenvalue weighted by Gasteiger charge is 2.33. The number of alkyl halides is 3. The fourth-order valence-corrected chi connectivity index (χ4v) is 2.64. The van der Waals surface area contributed by atoms with Gasteiger partial charge >= 0.3 is 11.9 Å². The summed E-state index contributed by atoms with van der Waals surface area (Å²) in [6.45, 7) is 5.75. The van der Waals surface area contributed by atoms with Crippen LogP contribution in [0.25, 0.3) is 17.1 Å². The second-order valence-corrected chi connectivity index (χ2v) is 8.07. The minimum atomic E-state index is -4.62. The summed E-state index contributed by atoms with van der Waals surface area (Å²) in [6, 6.07) is 6.96. The van der Waals surface area contributed by atoms with Gasteiger partial charge in [0.2, 0.25) is 11.8 Å². The number of carbonyl (C=O) groups excluding carboxylic acids is 1. The van der Waals surface area contributed by atoms with Crippen LogP contribution in [0.15, 0.2) is 41.2 Å². The number of aromatic nitrogens is 3. The van der Waals surface area contributed by atoms with Gasteiger partial charge in [-0.1, -0.05) is 26.8 Å². The SMILES string of the molecule is CC(C)(C)COc1nc(C(F)(F)F)ccc1/C=C/C(=O)Nc1cccc2[nH]c(=O)[nH]c12. The molecule has 7 nitrogen and oxygen atoms in total. The molecule has 3 aromatic rings. The number of carbonyl (C=O) groups is 1. The van der Waals surface area contributed by atoms with Gasteiger partial charge in [0.25, 0.3) is 0 Å². The molecule has 0 aliphatic carbocycles. The molecule has 1 aromatic carbocycles. The Kier molecular flexibility index (Phi) is 5.92. The van der Waals surface area contributed by atoms with Crippen LogP contribution in [0.4, 0.5) is 18.9 Å². The third-order valence-electron chi connectivity index (χ3n) is 4.05. The van der Waals surface area contributed by atoms with Gasteiger partial charge in [-0.15, -0.1) is 0 Å². The second-order valence-electron chi connectivity index (χ2n) is 8.07. The van der Waals surface area contributed by atoms with E-state index in [4.69, 9.17) is 4.74 Å². The van der Waals surface area contributed by atoms with Crippen LogP contribution in [0.3, 0.4) is 0 Å². The number of nitrogens with one attached hydrogen (secondary N) is 3. The molecule has 0 saturated carbocycles. The van der Waals surface area contributed by atoms with Crippen LogP contribution < -0.4 is 15.7 Å². The zero-order valence-corrected chi connectivity index (χ0v) is 17.1. The minimum absolute atomic E-state index is 0.136. The van der Waals surface area contributed by atoms with E-state index in [9.17, 15) is 22.8 Å². The van der Waals surface area contributed by atoms with Crippen LogP contribution in [0.1, 0.15) is 32.0 Å². The molecule has 0 radical (unpaired) electrons. The third kappa shape index (κ3) is 5.74. The molecule has 3 rings (SSSR count). The number of hydrogen-bond donors (Lipinski definition) is 3. The molecule has 0 aliphatic rings. The van der Waals surface area contributed by atoms with E-state index in [0.29, 0.717) is 16.7 Å². The lowest BCUT2D eigenvalue weighted by molar-refractivity contribution is -0.141. The first kappa shape index (κ1) is 22.1. The Balaban J connectivity index is 1.84. The van der Waals surface area contributed by atoms with Crippen molar-refractivity contribution < 1.29 is 22.7 Å². The maximum atomic E-state index is 13.0. The summed E-state index contributed by atoms with van der Waals surface area (Å²) in [5.74, 6) is -0.762. The van der Waals surface area contributed by atoms with E-state index in [0.717, 1.165) is 12.1 Å². The molecule has 10 heteroatoms. The van der Waals surface area contributed by atoms with Crippen LogP contribution in [-0.2, 0) is 11.0 Å². The van der Waals surface area contributed by atoms with Gasteiger partial charge in [-0.3, -0.25) is 4.79 Å². The van der Waals surface area contributed by atoms with Gasteiger partial charge < -0.3 is 20.0 Å². The number of aromatic amines is 2. The first-order chi connectivity index (χ1) is 14.4. The number of anilines is 1. The molecule has 164 valence electrons. The number of amides is 1. The molecule has 0 aliphatic heterocycles. The maximum absolute atomic E-state index is 13.0. The molecule has 0 fully saturated rings. The first-order valence-electron chi connectivity index (χ1n) is 9.33. The van der Waals surface area contributed by atoms with Crippen LogP contribution in [0.5, 0.6) is 5.88 Å². The van der Waals surface area contributed by atoms with Crippen LogP contribution in [-0.4, -0.2) is 27.5 Å². The summed E-state index contributed by atoms with van der Waals surface area (Å²) < 4.78 is 44.6. The highest BCUT2D eigenvalue weighted by molar-refractivity contribution is 6.06. The number of halogens is 3. The summed E-state index contributed by atoms with van der Waals surface area (Å²) in [4.78, 5) is 32.6. The summed E-state index contributed by atoms with van der Waals surface area (Å²) in [5, 5.41) is 2.62. The van der Waals surface area contributed by atoms with Crippen molar-refractivity contribution in [1.29, 1.82) is 0 Å². The van der Waals surface area contributed by atoms with E-state index in [1.54, 1.807) is 18.2 Å². The molecule has 3 N–H and O–H groups in total. The van der Waals surface area contributed by atoms with Crippen molar-refractivity contribution >= 4 is 28.7 Å². The smallest absolute Gasteiger partial charge is 0.433 e. The Labute approximate surface area is 175 Å². The average Bonchev–Trinajstić information content (AvgIpc) is 3.05. The molecule has 31 heavy (non-hydrogen) atoms. The molecule has 0 bridgehead atoms. The topological polar surface area (TPSA) is 99.9 Å². The van der Waals surface area contributed by atoms with E-state index >= 15 is 0 Å². The number of imidazole rings is 1. The maximum Gasteiger partial charge on any atom is 0.433 e. The molecule has 2 aromatic heterocycles. The predicted molar refractivity (Wildman–Crippen MR) is 111 cm³/mol. The van der Waals surface area contributed by atoms with Crippen molar-refractivity contribution in [2.75, 3.05) is 11.9 Å². The average molecular weight is 434 g/mol. The van der Waals surface area contributed by atoms with Gasteiger partial charge in [0, 0.05) is 11.6 Å². The number of nitrogens with zero attached hydrogens (tertiary/aromatic N) is 1. The van der Waals surface area contributed by atoms with Gasteiger partial charge in [0.15, 0.2) is 0 Å². The molecular weight excluding hydrogens is 413 g/mol. The number of pyridine rings is 1. The zero-order chi connectivity index (χ0) is 22.8. The number of benzene rings is 1. The minimum Gasteiger partial charge on any atom is -0.477 e. The highest BCUT2D eigenvalue weighted by Crippen LogP contribution is 2.31. The fraction of sp³-hybridized carbons (Fsp3) is 0.286. The largest absolute Gasteiger partial charge is 0.477 e. The van der Waals surface area contributed by atoms with Gasteiger partial charge in [-0.2, -0.15) is 13.2 Å². The number of rotatable bonds is 5. The molecule has 2 heterocycles. The van der Waals surface area contributed by atoms with E-state index in [2.05, 4.69) is 20.3 Å². The van der Waals surface area contributed by atoms with E-state index in [1.807, 2.05) is 20.8 Å². The van der Waals surface area contributed by atoms with Gasteiger partial charge in [0.1, 0.15) is 5.69 Å². The summed E-state index contributed by atoms with van der Waals surface area (Å²) in [7, 11) is 0. The normalized spacial score (nSPS) is 12.5. The fourth-order valence-electron chi connectivity index (χ4n) is 2.64. The summed E-state index contributed by atoms with van der Waals surface area (Å²) in [5.41, 5.74) is -0.248. The van der Waals surface area contributed by atoms with Crippen molar-refractivity contribution in [3.05, 3.63) is 58.1 Å². The van der Waals surface area contributed by atoms with Gasteiger partial charge in [-0.25, -0.2) is 9.78 Å². The second kappa shape index (κ2) is 8.29. The third-order valence-corrected chi connectivity index (χ3v) is 4.05. The number of para-hydroxylation sites is 1. The van der Waals surface area contributed by atoms with Crippen molar-refractivity contribution in [3.8, 4) is 5.88 Å². The molecule has 0 spiro atoms.